The molecule has 0 spiro atoms. The first-order valence-corrected chi connectivity index (χ1v) is 9.60. The molecule has 0 saturated carbocycles. The number of hydrogen-bond acceptors (Lipinski definition) is 4. The highest BCUT2D eigenvalue weighted by Crippen LogP contribution is 2.36. The average Bonchev–Trinajstić information content (AvgIpc) is 2.64. The summed E-state index contributed by atoms with van der Waals surface area (Å²) in [5, 5.41) is 7.26. The lowest BCUT2D eigenvalue weighted by Crippen LogP contribution is -2.17. The molecule has 2 aromatic rings. The van der Waals surface area contributed by atoms with E-state index in [2.05, 4.69) is 78.8 Å². The molecule has 1 heterocycles. The Morgan fingerprint density at radius 2 is 1.70 bits per heavy atom. The fourth-order valence-electron chi connectivity index (χ4n) is 1.43. The second-order valence-corrected chi connectivity index (χ2v) is 8.63. The summed E-state index contributed by atoms with van der Waals surface area (Å²) in [6, 6.07) is 3.47. The van der Waals surface area contributed by atoms with Gasteiger partial charge in [-0.2, -0.15) is 8.42 Å². The van der Waals surface area contributed by atoms with Crippen molar-refractivity contribution in [1.29, 1.82) is 0 Å². The van der Waals surface area contributed by atoms with Crippen LogP contribution in [0.15, 0.2) is 35.2 Å². The lowest BCUT2D eigenvalue weighted by atomic mass is 10.3. The Labute approximate surface area is 148 Å². The summed E-state index contributed by atoms with van der Waals surface area (Å²) >= 11 is 13.0. The third-order valence-corrected chi connectivity index (χ3v) is 6.18. The van der Waals surface area contributed by atoms with Crippen molar-refractivity contribution in [3.63, 3.8) is 0 Å². The van der Waals surface area contributed by atoms with Gasteiger partial charge in [-0.25, -0.2) is 4.68 Å². The highest BCUT2D eigenvalue weighted by atomic mass is 79.9. The van der Waals surface area contributed by atoms with Crippen LogP contribution in [0.4, 0.5) is 5.69 Å². The molecule has 2 rings (SSSR count). The zero-order valence-electron chi connectivity index (χ0n) is 9.73. The van der Waals surface area contributed by atoms with Gasteiger partial charge in [-0.15, -0.1) is 5.10 Å². The van der Waals surface area contributed by atoms with E-state index in [1.165, 1.54) is 11.7 Å². The first kappa shape index (κ1) is 16.4. The first-order chi connectivity index (χ1) is 9.22. The fraction of sp³-hybridized carbons (Fsp3) is 0.111. The molecular formula is C9H6Br4N4O2S. The Morgan fingerprint density at radius 3 is 2.15 bits per heavy atom. The summed E-state index contributed by atoms with van der Waals surface area (Å²) in [6.07, 6.45) is 0. The van der Waals surface area contributed by atoms with Gasteiger partial charge in [0.25, 0.3) is 10.0 Å². The van der Waals surface area contributed by atoms with E-state index in [0.717, 1.165) is 4.47 Å². The van der Waals surface area contributed by atoms with Gasteiger partial charge in [0.05, 0.1) is 5.69 Å². The maximum atomic E-state index is 12.4. The summed E-state index contributed by atoms with van der Waals surface area (Å²) in [7, 11) is -2.33. The van der Waals surface area contributed by atoms with Crippen molar-refractivity contribution < 1.29 is 8.42 Å². The molecule has 0 saturated heterocycles. The van der Waals surface area contributed by atoms with Gasteiger partial charge in [-0.1, -0.05) is 21.1 Å². The van der Waals surface area contributed by atoms with Gasteiger partial charge in [0, 0.05) is 20.5 Å². The molecule has 0 atom stereocenters. The topological polar surface area (TPSA) is 76.9 Å². The molecule has 0 radical (unpaired) electrons. The molecule has 0 aliphatic carbocycles. The van der Waals surface area contributed by atoms with E-state index in [4.69, 9.17) is 0 Å². The predicted octanol–water partition coefficient (Wildman–Crippen LogP) is 3.67. The summed E-state index contributed by atoms with van der Waals surface area (Å²) in [4.78, 5) is 0. The van der Waals surface area contributed by atoms with Crippen LogP contribution in [-0.2, 0) is 17.1 Å². The number of hydrogen-bond donors (Lipinski definition) is 1. The third kappa shape index (κ3) is 3.26. The smallest absolute Gasteiger partial charge is 0.276 e. The van der Waals surface area contributed by atoms with Gasteiger partial charge in [0.1, 0.15) is 0 Å². The van der Waals surface area contributed by atoms with Crippen molar-refractivity contribution in [2.45, 2.75) is 5.03 Å². The van der Waals surface area contributed by atoms with Crippen LogP contribution in [0.1, 0.15) is 0 Å². The summed E-state index contributed by atoms with van der Waals surface area (Å²) in [6.45, 7) is 0. The van der Waals surface area contributed by atoms with E-state index in [1.807, 2.05) is 0 Å². The number of sulfonamides is 1. The van der Waals surface area contributed by atoms with Crippen LogP contribution in [0.25, 0.3) is 0 Å². The van der Waals surface area contributed by atoms with Crippen LogP contribution in [0.2, 0.25) is 0 Å². The predicted molar refractivity (Wildman–Crippen MR) is 89.1 cm³/mol. The number of benzene rings is 1. The molecule has 6 nitrogen and oxygen atoms in total. The number of anilines is 1. The van der Waals surface area contributed by atoms with Crippen molar-refractivity contribution in [3.8, 4) is 0 Å². The zero-order chi connectivity index (χ0) is 15.1. The molecule has 108 valence electrons. The van der Waals surface area contributed by atoms with Crippen LogP contribution in [0, 0.1) is 0 Å². The van der Waals surface area contributed by atoms with Crippen molar-refractivity contribution in [1.82, 2.24) is 15.0 Å². The van der Waals surface area contributed by atoms with Crippen LogP contribution in [0.5, 0.6) is 0 Å². The largest absolute Gasteiger partial charge is 0.281 e. The Hall–Kier alpha value is 0.0300. The summed E-state index contributed by atoms with van der Waals surface area (Å²) in [5.74, 6) is 0. The van der Waals surface area contributed by atoms with Crippen molar-refractivity contribution >= 4 is 79.4 Å². The second kappa shape index (κ2) is 6.03. The number of nitrogens with one attached hydrogen (secondary N) is 1. The van der Waals surface area contributed by atoms with E-state index >= 15 is 0 Å². The minimum Gasteiger partial charge on any atom is -0.276 e. The van der Waals surface area contributed by atoms with E-state index in [9.17, 15) is 8.42 Å². The molecule has 0 aliphatic heterocycles. The highest BCUT2D eigenvalue weighted by molar-refractivity contribution is 9.11. The molecule has 1 N–H and O–H groups in total. The standard InChI is InChI=1S/C9H6Br4N4O2S/c1-17-9(8(13)14-16-17)20(18,19)15-7-5(11)2-4(10)3-6(7)12/h2-3,15H,1H3. The maximum Gasteiger partial charge on any atom is 0.281 e. The fourth-order valence-corrected chi connectivity index (χ4v) is 6.35. The van der Waals surface area contributed by atoms with E-state index in [-0.39, 0.29) is 9.63 Å². The van der Waals surface area contributed by atoms with E-state index in [1.54, 1.807) is 12.1 Å². The second-order valence-electron chi connectivity index (χ2n) is 3.66. The number of rotatable bonds is 3. The van der Waals surface area contributed by atoms with Crippen molar-refractivity contribution in [2.75, 3.05) is 4.72 Å². The van der Waals surface area contributed by atoms with Gasteiger partial charge < -0.3 is 0 Å². The van der Waals surface area contributed by atoms with E-state index in [0.29, 0.717) is 14.6 Å². The van der Waals surface area contributed by atoms with Crippen LogP contribution in [-0.4, -0.2) is 23.4 Å². The first-order valence-electron chi connectivity index (χ1n) is 4.95. The van der Waals surface area contributed by atoms with Gasteiger partial charge in [-0.3, -0.25) is 4.72 Å². The van der Waals surface area contributed by atoms with E-state index < -0.39 is 10.0 Å². The lowest BCUT2D eigenvalue weighted by molar-refractivity contribution is 0.578. The van der Waals surface area contributed by atoms with Crippen LogP contribution < -0.4 is 4.72 Å². The van der Waals surface area contributed by atoms with Crippen LogP contribution >= 0.6 is 63.7 Å². The van der Waals surface area contributed by atoms with Gasteiger partial charge >= 0.3 is 0 Å². The Balaban J connectivity index is 2.50. The Kier molecular flexibility index (Phi) is 4.95. The number of halogens is 4. The Bertz CT molecular complexity index is 732. The van der Waals surface area contributed by atoms with Gasteiger partial charge in [-0.05, 0) is 59.9 Å². The number of aryl methyl sites for hydroxylation is 1. The molecular weight excluding hydrogens is 548 g/mol. The van der Waals surface area contributed by atoms with Gasteiger partial charge in [0.15, 0.2) is 4.60 Å². The molecule has 0 bridgehead atoms. The normalized spacial score (nSPS) is 11.7. The number of aromatic nitrogens is 3. The number of nitrogens with zero attached hydrogens (tertiary/aromatic N) is 3. The zero-order valence-corrected chi connectivity index (χ0v) is 16.9. The summed E-state index contributed by atoms with van der Waals surface area (Å²) < 4.78 is 30.6. The molecule has 1 aromatic heterocycles. The third-order valence-electron chi connectivity index (χ3n) is 2.23. The van der Waals surface area contributed by atoms with Crippen LogP contribution in [0.3, 0.4) is 0 Å². The minimum atomic E-state index is -3.82. The highest BCUT2D eigenvalue weighted by Gasteiger charge is 2.25. The Morgan fingerprint density at radius 1 is 1.15 bits per heavy atom. The molecule has 20 heavy (non-hydrogen) atoms. The molecule has 1 aromatic carbocycles. The lowest BCUT2D eigenvalue weighted by Gasteiger charge is -2.12. The molecule has 0 aliphatic rings. The molecule has 0 unspecified atom stereocenters. The maximum absolute atomic E-state index is 12.4. The quantitative estimate of drug-likeness (QED) is 0.629. The van der Waals surface area contributed by atoms with Crippen molar-refractivity contribution in [2.24, 2.45) is 7.05 Å². The SMILES string of the molecule is Cn1nnc(Br)c1S(=O)(=O)Nc1c(Br)cc(Br)cc1Br. The molecule has 11 heteroatoms. The molecule has 0 amide bonds. The summed E-state index contributed by atoms with van der Waals surface area (Å²) in [5.41, 5.74) is 0.390. The monoisotopic (exact) mass is 550 g/mol. The molecule has 0 fully saturated rings. The van der Waals surface area contributed by atoms with Crippen molar-refractivity contribution in [3.05, 3.63) is 30.2 Å². The van der Waals surface area contributed by atoms with Gasteiger partial charge in [0.2, 0.25) is 5.03 Å². The minimum absolute atomic E-state index is 0.0563. The average molecular weight is 554 g/mol.